The maximum Gasteiger partial charge on any atom is 0.123 e. The van der Waals surface area contributed by atoms with Crippen molar-refractivity contribution in [2.45, 2.75) is 39.7 Å². The van der Waals surface area contributed by atoms with Gasteiger partial charge in [-0.05, 0) is 62.8 Å². The van der Waals surface area contributed by atoms with Crippen LogP contribution in [0.5, 0.6) is 0 Å². The molecule has 3 atom stereocenters. The van der Waals surface area contributed by atoms with Crippen molar-refractivity contribution in [2.24, 2.45) is 11.8 Å². The van der Waals surface area contributed by atoms with Gasteiger partial charge in [-0.2, -0.15) is 0 Å². The molecule has 3 unspecified atom stereocenters. The molecule has 0 radical (unpaired) electrons. The minimum atomic E-state index is -0.169. The topological polar surface area (TPSA) is 12.0 Å². The van der Waals surface area contributed by atoms with Crippen LogP contribution in [0, 0.1) is 17.7 Å². The summed E-state index contributed by atoms with van der Waals surface area (Å²) in [6, 6.07) is 7.07. The summed E-state index contributed by atoms with van der Waals surface area (Å²) in [6.07, 6.45) is 4.86. The number of nitrogens with one attached hydrogen (secondary N) is 1. The van der Waals surface area contributed by atoms with Crippen LogP contribution in [0.2, 0.25) is 0 Å². The second-order valence-corrected chi connectivity index (χ2v) is 5.98. The molecule has 19 heavy (non-hydrogen) atoms. The van der Waals surface area contributed by atoms with Gasteiger partial charge in [0, 0.05) is 6.04 Å². The lowest BCUT2D eigenvalue weighted by molar-refractivity contribution is 0.366. The fourth-order valence-corrected chi connectivity index (χ4v) is 3.05. The number of allylic oxidation sites excluding steroid dienone is 2. The van der Waals surface area contributed by atoms with Gasteiger partial charge < -0.3 is 5.32 Å². The fourth-order valence-electron chi connectivity index (χ4n) is 3.05. The van der Waals surface area contributed by atoms with Gasteiger partial charge in [0.25, 0.3) is 0 Å². The zero-order valence-corrected chi connectivity index (χ0v) is 12.1. The Kier molecular flexibility index (Phi) is 4.76. The lowest BCUT2D eigenvalue weighted by Gasteiger charge is -2.27. The van der Waals surface area contributed by atoms with E-state index in [0.717, 1.165) is 18.0 Å². The van der Waals surface area contributed by atoms with Gasteiger partial charge in [-0.25, -0.2) is 4.39 Å². The summed E-state index contributed by atoms with van der Waals surface area (Å²) in [5.74, 6) is 1.25. The molecule has 1 N–H and O–H groups in total. The molecule has 2 rings (SSSR count). The highest BCUT2D eigenvalue weighted by Crippen LogP contribution is 2.27. The maximum absolute atomic E-state index is 12.9. The smallest absolute Gasteiger partial charge is 0.123 e. The summed E-state index contributed by atoms with van der Waals surface area (Å²) >= 11 is 0. The molecule has 104 valence electrons. The van der Waals surface area contributed by atoms with Crippen LogP contribution in [0.15, 0.2) is 35.9 Å². The van der Waals surface area contributed by atoms with Crippen molar-refractivity contribution in [3.63, 3.8) is 0 Å². The van der Waals surface area contributed by atoms with E-state index in [2.05, 4.69) is 32.2 Å². The van der Waals surface area contributed by atoms with Gasteiger partial charge in [-0.15, -0.1) is 0 Å². The molecule has 0 spiro atoms. The van der Waals surface area contributed by atoms with Crippen LogP contribution < -0.4 is 5.32 Å². The minimum absolute atomic E-state index is 0.169. The molecule has 1 aromatic carbocycles. The summed E-state index contributed by atoms with van der Waals surface area (Å²) in [4.78, 5) is 0. The molecule has 1 nitrogen and oxygen atoms in total. The monoisotopic (exact) mass is 261 g/mol. The Labute approximate surface area is 115 Å². The third kappa shape index (κ3) is 4.17. The van der Waals surface area contributed by atoms with E-state index in [-0.39, 0.29) is 11.9 Å². The van der Waals surface area contributed by atoms with Crippen molar-refractivity contribution in [2.75, 3.05) is 6.54 Å². The highest BCUT2D eigenvalue weighted by atomic mass is 19.1. The summed E-state index contributed by atoms with van der Waals surface area (Å²) < 4.78 is 12.9. The van der Waals surface area contributed by atoms with Gasteiger partial charge in [-0.3, -0.25) is 0 Å². The highest BCUT2D eigenvalue weighted by molar-refractivity contribution is 5.19. The first kappa shape index (κ1) is 14.3. The number of halogens is 1. The Balaban J connectivity index is 1.85. The molecule has 0 heterocycles. The minimum Gasteiger partial charge on any atom is -0.310 e. The average molecular weight is 261 g/mol. The van der Waals surface area contributed by atoms with E-state index in [0.29, 0.717) is 5.92 Å². The van der Waals surface area contributed by atoms with Crippen LogP contribution >= 0.6 is 0 Å². The standard InChI is InChI=1S/C17H24FN/c1-12-8-13(2)10-15(9-12)11-19-14(3)16-4-6-17(18)7-5-16/h4-8,12,14-15,19H,9-11H2,1-3H3. The van der Waals surface area contributed by atoms with E-state index in [1.54, 1.807) is 0 Å². The summed E-state index contributed by atoms with van der Waals surface area (Å²) in [5.41, 5.74) is 2.66. The van der Waals surface area contributed by atoms with Crippen LogP contribution in [-0.4, -0.2) is 6.54 Å². The Hall–Kier alpha value is -1.15. The van der Waals surface area contributed by atoms with E-state index in [1.165, 1.54) is 30.5 Å². The van der Waals surface area contributed by atoms with Crippen molar-refractivity contribution in [3.05, 3.63) is 47.3 Å². The number of hydrogen-bond donors (Lipinski definition) is 1. The Morgan fingerprint density at radius 1 is 1.32 bits per heavy atom. The van der Waals surface area contributed by atoms with Crippen LogP contribution in [0.25, 0.3) is 0 Å². The van der Waals surface area contributed by atoms with E-state index in [1.807, 2.05) is 12.1 Å². The van der Waals surface area contributed by atoms with Gasteiger partial charge in [0.05, 0.1) is 0 Å². The summed E-state index contributed by atoms with van der Waals surface area (Å²) in [6.45, 7) is 7.70. The molecular formula is C17H24FN. The van der Waals surface area contributed by atoms with E-state index in [9.17, 15) is 4.39 Å². The summed E-state index contributed by atoms with van der Waals surface area (Å²) in [7, 11) is 0. The Bertz CT molecular complexity index is 435. The van der Waals surface area contributed by atoms with E-state index >= 15 is 0 Å². The maximum atomic E-state index is 12.9. The zero-order valence-electron chi connectivity index (χ0n) is 12.1. The van der Waals surface area contributed by atoms with Crippen molar-refractivity contribution in [1.82, 2.24) is 5.32 Å². The molecular weight excluding hydrogens is 237 g/mol. The summed E-state index contributed by atoms with van der Waals surface area (Å²) in [5, 5.41) is 3.58. The fraction of sp³-hybridized carbons (Fsp3) is 0.529. The third-order valence-electron chi connectivity index (χ3n) is 3.97. The first-order valence-corrected chi connectivity index (χ1v) is 7.20. The largest absolute Gasteiger partial charge is 0.310 e. The van der Waals surface area contributed by atoms with Gasteiger partial charge in [0.1, 0.15) is 5.82 Å². The molecule has 0 amide bonds. The third-order valence-corrected chi connectivity index (χ3v) is 3.97. The first-order chi connectivity index (χ1) is 9.04. The first-order valence-electron chi connectivity index (χ1n) is 7.20. The lowest BCUT2D eigenvalue weighted by Crippen LogP contribution is -2.28. The van der Waals surface area contributed by atoms with E-state index < -0.39 is 0 Å². The lowest BCUT2D eigenvalue weighted by atomic mass is 9.83. The normalized spacial score (nSPS) is 24.9. The van der Waals surface area contributed by atoms with Gasteiger partial charge in [0.2, 0.25) is 0 Å². The number of benzene rings is 1. The molecule has 1 aromatic rings. The van der Waals surface area contributed by atoms with Gasteiger partial charge in [-0.1, -0.05) is 30.7 Å². The van der Waals surface area contributed by atoms with Crippen molar-refractivity contribution in [3.8, 4) is 0 Å². The quantitative estimate of drug-likeness (QED) is 0.789. The van der Waals surface area contributed by atoms with Crippen molar-refractivity contribution >= 4 is 0 Å². The van der Waals surface area contributed by atoms with E-state index in [4.69, 9.17) is 0 Å². The van der Waals surface area contributed by atoms with Gasteiger partial charge >= 0.3 is 0 Å². The predicted molar refractivity (Wildman–Crippen MR) is 78.5 cm³/mol. The Morgan fingerprint density at radius 3 is 2.63 bits per heavy atom. The zero-order chi connectivity index (χ0) is 13.8. The molecule has 0 saturated carbocycles. The molecule has 2 heteroatoms. The second-order valence-electron chi connectivity index (χ2n) is 5.98. The molecule has 1 aliphatic carbocycles. The molecule has 0 aliphatic heterocycles. The van der Waals surface area contributed by atoms with Crippen molar-refractivity contribution in [1.29, 1.82) is 0 Å². The highest BCUT2D eigenvalue weighted by Gasteiger charge is 2.18. The molecule has 0 aromatic heterocycles. The molecule has 1 aliphatic rings. The second kappa shape index (κ2) is 6.33. The van der Waals surface area contributed by atoms with Crippen LogP contribution in [0.3, 0.4) is 0 Å². The average Bonchev–Trinajstić information content (AvgIpc) is 2.36. The van der Waals surface area contributed by atoms with Gasteiger partial charge in [0.15, 0.2) is 0 Å². The van der Waals surface area contributed by atoms with Crippen LogP contribution in [-0.2, 0) is 0 Å². The molecule has 0 saturated heterocycles. The number of hydrogen-bond acceptors (Lipinski definition) is 1. The van der Waals surface area contributed by atoms with Crippen LogP contribution in [0.1, 0.15) is 45.2 Å². The van der Waals surface area contributed by atoms with Crippen LogP contribution in [0.4, 0.5) is 4.39 Å². The molecule has 0 fully saturated rings. The predicted octanol–water partition coefficient (Wildman–Crippen LogP) is 4.47. The van der Waals surface area contributed by atoms with Crippen molar-refractivity contribution < 1.29 is 4.39 Å². The Morgan fingerprint density at radius 2 is 2.00 bits per heavy atom. The number of rotatable bonds is 4. The molecule has 0 bridgehead atoms. The SMILES string of the molecule is CC1=CC(C)CC(CNC(C)c2ccc(F)cc2)C1.